The van der Waals surface area contributed by atoms with Crippen molar-refractivity contribution in [2.45, 2.75) is 18.0 Å². The third-order valence-corrected chi connectivity index (χ3v) is 2.28. The molecule has 0 saturated carbocycles. The van der Waals surface area contributed by atoms with Crippen LogP contribution in [0.1, 0.15) is 5.56 Å². The number of halogens is 6. The van der Waals surface area contributed by atoms with Crippen molar-refractivity contribution in [2.75, 3.05) is 0 Å². The summed E-state index contributed by atoms with van der Waals surface area (Å²) < 4.78 is 75.6. The van der Waals surface area contributed by atoms with Gasteiger partial charge in [-0.15, -0.1) is 0 Å². The fourth-order valence-electron chi connectivity index (χ4n) is 1.39. The summed E-state index contributed by atoms with van der Waals surface area (Å²) in [6.07, 6.45) is -11.2. The third-order valence-electron chi connectivity index (χ3n) is 2.28. The summed E-state index contributed by atoms with van der Waals surface area (Å²) in [5.74, 6) is 0. The Bertz CT molecular complexity index is 501. The first-order valence-corrected chi connectivity index (χ1v) is 4.59. The van der Waals surface area contributed by atoms with E-state index in [-0.39, 0.29) is 0 Å². The van der Waals surface area contributed by atoms with Crippen molar-refractivity contribution in [2.24, 2.45) is 4.99 Å². The van der Waals surface area contributed by atoms with Crippen LogP contribution in [-0.2, 0) is 10.4 Å². The van der Waals surface area contributed by atoms with Gasteiger partial charge in [0, 0.05) is 5.56 Å². The van der Waals surface area contributed by atoms with E-state index in [4.69, 9.17) is 5.11 Å². The van der Waals surface area contributed by atoms with Crippen molar-refractivity contribution >= 4 is 11.8 Å². The Morgan fingerprint density at radius 3 is 1.89 bits per heavy atom. The number of benzene rings is 1. The van der Waals surface area contributed by atoms with Crippen LogP contribution in [0.2, 0.25) is 0 Å². The lowest BCUT2D eigenvalue weighted by molar-refractivity contribution is -0.376. The molecule has 19 heavy (non-hydrogen) atoms. The zero-order valence-electron chi connectivity index (χ0n) is 8.88. The normalized spacial score (nSPS) is 13.0. The second-order valence-corrected chi connectivity index (χ2v) is 3.43. The van der Waals surface area contributed by atoms with Gasteiger partial charge in [-0.25, -0.2) is 4.79 Å². The largest absolute Gasteiger partial charge is 0.430 e. The molecule has 0 spiro atoms. The molecule has 0 aliphatic heterocycles. The first-order chi connectivity index (χ1) is 8.55. The summed E-state index contributed by atoms with van der Waals surface area (Å²) >= 11 is 0. The van der Waals surface area contributed by atoms with Gasteiger partial charge < -0.3 is 5.11 Å². The molecule has 1 rings (SSSR count). The maximum Gasteiger partial charge on any atom is 0.430 e. The van der Waals surface area contributed by atoms with Gasteiger partial charge in [-0.1, -0.05) is 18.2 Å². The molecule has 0 saturated heterocycles. The summed E-state index contributed by atoms with van der Waals surface area (Å²) in [5.41, 5.74) is -7.66. The summed E-state index contributed by atoms with van der Waals surface area (Å²) in [7, 11) is 0. The molecule has 0 aliphatic rings. The lowest BCUT2D eigenvalue weighted by atomic mass is 9.91. The highest BCUT2D eigenvalue weighted by Gasteiger charge is 2.72. The van der Waals surface area contributed by atoms with E-state index in [1.165, 1.54) is 0 Å². The van der Waals surface area contributed by atoms with Crippen LogP contribution in [0.15, 0.2) is 29.3 Å². The molecule has 0 radical (unpaired) electrons. The van der Waals surface area contributed by atoms with Gasteiger partial charge in [0.15, 0.2) is 0 Å². The number of rotatable bonds is 2. The van der Waals surface area contributed by atoms with E-state index in [1.54, 1.807) is 0 Å². The number of nitrogens with zero attached hydrogens (tertiary/aromatic N) is 1. The third kappa shape index (κ3) is 2.47. The minimum absolute atomic E-state index is 0.386. The van der Waals surface area contributed by atoms with Gasteiger partial charge in [0.05, 0.1) is 5.69 Å². The van der Waals surface area contributed by atoms with E-state index < -0.39 is 29.2 Å². The second-order valence-electron chi connectivity index (χ2n) is 3.43. The fraction of sp³-hybridized carbons (Fsp3) is 0.300. The molecule has 9 heteroatoms. The predicted octanol–water partition coefficient (Wildman–Crippen LogP) is 2.97. The Morgan fingerprint density at radius 1 is 1.00 bits per heavy atom. The Hall–Kier alpha value is -1.86. The van der Waals surface area contributed by atoms with Crippen LogP contribution in [0.3, 0.4) is 0 Å². The molecule has 0 atom stereocenters. The maximum atomic E-state index is 12.6. The van der Waals surface area contributed by atoms with Crippen LogP contribution in [0.25, 0.3) is 0 Å². The lowest BCUT2D eigenvalue weighted by Gasteiger charge is -2.33. The highest BCUT2D eigenvalue weighted by Crippen LogP contribution is 2.52. The van der Waals surface area contributed by atoms with E-state index in [2.05, 4.69) is 4.99 Å². The van der Waals surface area contributed by atoms with E-state index in [9.17, 15) is 31.1 Å². The number of isocyanates is 1. The molecule has 0 unspecified atom stereocenters. The minimum atomic E-state index is -6.03. The average molecular weight is 285 g/mol. The molecule has 0 aromatic heterocycles. The molecule has 0 aliphatic carbocycles. The Balaban J connectivity index is 3.66. The Labute approximate surface area is 102 Å². The van der Waals surface area contributed by atoms with Crippen LogP contribution in [-0.4, -0.2) is 23.5 Å². The topological polar surface area (TPSA) is 49.7 Å². The summed E-state index contributed by atoms with van der Waals surface area (Å²) in [5, 5.41) is 9.12. The van der Waals surface area contributed by atoms with Crippen LogP contribution < -0.4 is 0 Å². The molecule has 1 aromatic rings. The quantitative estimate of drug-likeness (QED) is 0.516. The second kappa shape index (κ2) is 4.67. The summed E-state index contributed by atoms with van der Waals surface area (Å²) in [4.78, 5) is 12.8. The van der Waals surface area contributed by atoms with E-state index in [0.717, 1.165) is 24.3 Å². The lowest BCUT2D eigenvalue weighted by Crippen LogP contribution is -2.53. The molecule has 0 bridgehead atoms. The number of carbonyl (C=O) groups excluding carboxylic acids is 1. The van der Waals surface area contributed by atoms with Gasteiger partial charge in [0.1, 0.15) is 0 Å². The van der Waals surface area contributed by atoms with Crippen molar-refractivity contribution in [3.63, 3.8) is 0 Å². The molecule has 0 amide bonds. The molecule has 0 fully saturated rings. The van der Waals surface area contributed by atoms with Gasteiger partial charge in [0.25, 0.3) is 5.60 Å². The van der Waals surface area contributed by atoms with Crippen LogP contribution >= 0.6 is 0 Å². The van der Waals surface area contributed by atoms with Gasteiger partial charge >= 0.3 is 12.4 Å². The molecule has 104 valence electrons. The van der Waals surface area contributed by atoms with Crippen molar-refractivity contribution in [3.8, 4) is 0 Å². The highest BCUT2D eigenvalue weighted by atomic mass is 19.4. The molecule has 3 nitrogen and oxygen atoms in total. The number of alkyl halides is 6. The Kier molecular flexibility index (Phi) is 3.74. The molecular formula is C10H5F6NO2. The van der Waals surface area contributed by atoms with Crippen molar-refractivity contribution < 1.29 is 36.2 Å². The fourth-order valence-corrected chi connectivity index (χ4v) is 1.39. The van der Waals surface area contributed by atoms with Gasteiger partial charge in [-0.2, -0.15) is 31.3 Å². The zero-order valence-corrected chi connectivity index (χ0v) is 8.88. The molecular weight excluding hydrogens is 280 g/mol. The molecule has 1 aromatic carbocycles. The number of para-hydroxylation sites is 1. The van der Waals surface area contributed by atoms with Crippen LogP contribution in [0, 0.1) is 0 Å². The first kappa shape index (κ1) is 15.2. The number of hydrogen-bond donors (Lipinski definition) is 1. The predicted molar refractivity (Wildman–Crippen MR) is 50.2 cm³/mol. The monoisotopic (exact) mass is 285 g/mol. The first-order valence-electron chi connectivity index (χ1n) is 4.59. The standard InChI is InChI=1S/C10H5F6NO2/c11-9(12,13)8(19,10(14,15)16)6-3-1-2-4-7(6)17-5-18/h1-4,19H. The van der Waals surface area contributed by atoms with Crippen molar-refractivity contribution in [1.82, 2.24) is 0 Å². The van der Waals surface area contributed by atoms with Crippen molar-refractivity contribution in [3.05, 3.63) is 29.8 Å². The summed E-state index contributed by atoms with van der Waals surface area (Å²) in [6, 6.07) is 3.02. The number of aliphatic hydroxyl groups is 1. The van der Waals surface area contributed by atoms with E-state index >= 15 is 0 Å². The van der Waals surface area contributed by atoms with Gasteiger partial charge in [-0.05, 0) is 6.07 Å². The zero-order chi connectivity index (χ0) is 14.9. The van der Waals surface area contributed by atoms with Gasteiger partial charge in [-0.3, -0.25) is 0 Å². The molecule has 0 heterocycles. The van der Waals surface area contributed by atoms with E-state index in [1.807, 2.05) is 0 Å². The summed E-state index contributed by atoms with van der Waals surface area (Å²) in [6.45, 7) is 0. The molecule has 1 N–H and O–H groups in total. The van der Waals surface area contributed by atoms with Crippen LogP contribution in [0.5, 0.6) is 0 Å². The smallest absolute Gasteiger partial charge is 0.369 e. The van der Waals surface area contributed by atoms with Crippen LogP contribution in [0.4, 0.5) is 32.0 Å². The van der Waals surface area contributed by atoms with Crippen molar-refractivity contribution in [1.29, 1.82) is 0 Å². The SMILES string of the molecule is O=C=Nc1ccccc1C(O)(C(F)(F)F)C(F)(F)F. The average Bonchev–Trinajstić information content (AvgIpc) is 2.26. The maximum absolute atomic E-state index is 12.6. The minimum Gasteiger partial charge on any atom is -0.369 e. The highest BCUT2D eigenvalue weighted by molar-refractivity contribution is 5.56. The number of aliphatic imine (C=N–C) groups is 1. The number of hydrogen-bond acceptors (Lipinski definition) is 3. The van der Waals surface area contributed by atoms with E-state index in [0.29, 0.717) is 6.07 Å². The Morgan fingerprint density at radius 2 is 1.47 bits per heavy atom. The van der Waals surface area contributed by atoms with Gasteiger partial charge in [0.2, 0.25) is 6.08 Å².